The van der Waals surface area contributed by atoms with Crippen LogP contribution in [-0.4, -0.2) is 36.5 Å². The molecule has 1 heterocycles. The minimum atomic E-state index is -0.369. The Morgan fingerprint density at radius 3 is 2.08 bits per heavy atom. The molecule has 0 saturated carbocycles. The number of anilines is 1. The average molecular weight is 689 g/mol. The summed E-state index contributed by atoms with van der Waals surface area (Å²) in [5.74, 6) is 0.0386. The molecule has 9 heteroatoms. The summed E-state index contributed by atoms with van der Waals surface area (Å²) in [7, 11) is 0. The molecule has 0 saturated heterocycles. The van der Waals surface area contributed by atoms with Crippen LogP contribution < -0.4 is 9.75 Å². The van der Waals surface area contributed by atoms with Gasteiger partial charge in [-0.15, -0.1) is 0 Å². The van der Waals surface area contributed by atoms with E-state index in [0.717, 1.165) is 41.1 Å². The van der Waals surface area contributed by atoms with Crippen molar-refractivity contribution in [1.29, 1.82) is 0 Å². The predicted octanol–water partition coefficient (Wildman–Crippen LogP) is 9.51. The lowest BCUT2D eigenvalue weighted by Gasteiger charge is -2.24. The van der Waals surface area contributed by atoms with Gasteiger partial charge in [0.2, 0.25) is 0 Å². The maximum absolute atomic E-state index is 13.1. The Morgan fingerprint density at radius 2 is 1.37 bits per heavy atom. The van der Waals surface area contributed by atoms with Crippen LogP contribution >= 0.6 is 0 Å². The fourth-order valence-corrected chi connectivity index (χ4v) is 6.22. The van der Waals surface area contributed by atoms with Crippen LogP contribution in [0.3, 0.4) is 0 Å². The first kappa shape index (κ1) is 34.0. The predicted molar refractivity (Wildman–Crippen MR) is 200 cm³/mol. The molecule has 0 aromatic heterocycles. The number of carbonyl (C=O) groups excluding carboxylic acids is 3. The van der Waals surface area contributed by atoms with Crippen molar-refractivity contribution in [3.05, 3.63) is 167 Å². The normalized spacial score (nSPS) is 14.9. The van der Waals surface area contributed by atoms with Crippen molar-refractivity contribution < 1.29 is 23.9 Å². The summed E-state index contributed by atoms with van der Waals surface area (Å²) in [5.41, 5.74) is 7.11. The molecule has 0 bridgehead atoms. The largest absolute Gasteiger partial charge is 0.494 e. The minimum Gasteiger partial charge on any atom is -0.494 e. The first-order valence-corrected chi connectivity index (χ1v) is 17.2. The standard InChI is InChI=1S/C43H36N4O5/c1-28(2)43(50)52-25-9-8-24-51-34-21-14-30(15-22-34)40-27-39(29-10-4-3-5-11-29)46-47(40)33-19-16-31(17-20-33)44-45-32-18-23-37-38(26-32)42(49)36-13-7-6-12-35(36)41(37)48/h3-7,10-23,26,40H,1,8-9,24-25,27H2,2H3. The Hall–Kier alpha value is -6.48. The van der Waals surface area contributed by atoms with Crippen molar-refractivity contribution in [2.75, 3.05) is 18.2 Å². The molecule has 1 atom stereocenters. The molecule has 52 heavy (non-hydrogen) atoms. The van der Waals surface area contributed by atoms with Crippen molar-refractivity contribution in [3.8, 4) is 5.75 Å². The summed E-state index contributed by atoms with van der Waals surface area (Å²) in [6.07, 6.45) is 2.19. The van der Waals surface area contributed by atoms with Gasteiger partial charge in [-0.25, -0.2) is 4.79 Å². The van der Waals surface area contributed by atoms with Gasteiger partial charge < -0.3 is 9.47 Å². The number of ketones is 2. The molecular formula is C43H36N4O5. The molecule has 0 spiro atoms. The van der Waals surface area contributed by atoms with E-state index in [0.29, 0.717) is 58.8 Å². The Bertz CT molecular complexity index is 2210. The number of carbonyl (C=O) groups is 3. The average Bonchev–Trinajstić information content (AvgIpc) is 3.64. The van der Waals surface area contributed by atoms with Crippen LogP contribution in [0.2, 0.25) is 0 Å². The fourth-order valence-electron chi connectivity index (χ4n) is 6.22. The molecule has 0 radical (unpaired) electrons. The number of hydrogen-bond acceptors (Lipinski definition) is 9. The van der Waals surface area contributed by atoms with Crippen LogP contribution in [0.5, 0.6) is 5.75 Å². The molecule has 0 amide bonds. The van der Waals surface area contributed by atoms with E-state index < -0.39 is 0 Å². The van der Waals surface area contributed by atoms with Gasteiger partial charge in [0.15, 0.2) is 11.6 Å². The highest BCUT2D eigenvalue weighted by Crippen LogP contribution is 2.38. The lowest BCUT2D eigenvalue weighted by molar-refractivity contribution is -0.139. The SMILES string of the molecule is C=C(C)C(=O)OCCCCOc1ccc(C2CC(c3ccccc3)=NN2c2ccc(N=Nc3ccc4c(c3)C(=O)c3ccccc3C4=O)cc2)cc1. The number of ether oxygens (including phenoxy) is 2. The topological polar surface area (TPSA) is 110 Å². The van der Waals surface area contributed by atoms with Crippen molar-refractivity contribution in [2.45, 2.75) is 32.2 Å². The van der Waals surface area contributed by atoms with Gasteiger partial charge in [0.05, 0.1) is 42.0 Å². The van der Waals surface area contributed by atoms with Crippen LogP contribution in [0.25, 0.3) is 0 Å². The third-order valence-corrected chi connectivity index (χ3v) is 8.98. The van der Waals surface area contributed by atoms with Gasteiger partial charge in [-0.2, -0.15) is 15.3 Å². The minimum absolute atomic E-state index is 0.0411. The number of hydrazone groups is 1. The van der Waals surface area contributed by atoms with E-state index in [2.05, 4.69) is 41.1 Å². The van der Waals surface area contributed by atoms with Gasteiger partial charge >= 0.3 is 5.97 Å². The molecule has 7 rings (SSSR count). The first-order chi connectivity index (χ1) is 25.4. The Morgan fingerprint density at radius 1 is 0.750 bits per heavy atom. The van der Waals surface area contributed by atoms with E-state index in [1.54, 1.807) is 49.4 Å². The van der Waals surface area contributed by atoms with Gasteiger partial charge in [-0.3, -0.25) is 14.6 Å². The van der Waals surface area contributed by atoms with Gasteiger partial charge in [0.25, 0.3) is 0 Å². The first-order valence-electron chi connectivity index (χ1n) is 17.2. The number of hydrogen-bond donors (Lipinski definition) is 0. The van der Waals surface area contributed by atoms with Crippen molar-refractivity contribution in [3.63, 3.8) is 0 Å². The summed E-state index contributed by atoms with van der Waals surface area (Å²) in [6.45, 7) is 6.08. The molecular weight excluding hydrogens is 652 g/mol. The van der Waals surface area contributed by atoms with Gasteiger partial charge in [-0.1, -0.05) is 73.3 Å². The maximum atomic E-state index is 13.1. The monoisotopic (exact) mass is 688 g/mol. The van der Waals surface area contributed by atoms with E-state index in [-0.39, 0.29) is 23.6 Å². The van der Waals surface area contributed by atoms with Gasteiger partial charge in [0, 0.05) is 34.2 Å². The van der Waals surface area contributed by atoms with E-state index in [1.807, 2.05) is 59.6 Å². The zero-order valence-electron chi connectivity index (χ0n) is 28.7. The maximum Gasteiger partial charge on any atom is 0.333 e. The number of rotatable bonds is 12. The van der Waals surface area contributed by atoms with Crippen LogP contribution in [0.1, 0.15) is 75.2 Å². The Balaban J connectivity index is 1.04. The van der Waals surface area contributed by atoms with E-state index in [1.165, 1.54) is 0 Å². The highest BCUT2D eigenvalue weighted by atomic mass is 16.5. The van der Waals surface area contributed by atoms with Gasteiger partial charge in [-0.05, 0) is 85.5 Å². The Kier molecular flexibility index (Phi) is 9.93. The van der Waals surface area contributed by atoms with E-state index in [4.69, 9.17) is 14.6 Å². The molecule has 1 aliphatic heterocycles. The van der Waals surface area contributed by atoms with Crippen LogP contribution in [0.4, 0.5) is 17.1 Å². The number of fused-ring (bicyclic) bond motifs is 2. The lowest BCUT2D eigenvalue weighted by atomic mass is 9.84. The second-order valence-electron chi connectivity index (χ2n) is 12.7. The van der Waals surface area contributed by atoms with Crippen LogP contribution in [-0.2, 0) is 9.53 Å². The molecule has 9 nitrogen and oxygen atoms in total. The molecule has 258 valence electrons. The molecule has 0 fully saturated rings. The molecule has 2 aliphatic rings. The fraction of sp³-hybridized carbons (Fsp3) is 0.163. The van der Waals surface area contributed by atoms with Crippen molar-refractivity contribution >= 4 is 40.3 Å². The van der Waals surface area contributed by atoms with E-state index >= 15 is 0 Å². The molecule has 5 aromatic carbocycles. The second kappa shape index (κ2) is 15.2. The van der Waals surface area contributed by atoms with Crippen LogP contribution in [0, 0.1) is 0 Å². The summed E-state index contributed by atoms with van der Waals surface area (Å²) >= 11 is 0. The number of benzene rings is 5. The Labute approximate surface area is 301 Å². The number of unbranched alkanes of at least 4 members (excludes halogenated alkanes) is 1. The quantitative estimate of drug-likeness (QED) is 0.0548. The van der Waals surface area contributed by atoms with Crippen LogP contribution in [0.15, 0.2) is 149 Å². The number of esters is 1. The third-order valence-electron chi connectivity index (χ3n) is 8.98. The second-order valence-corrected chi connectivity index (χ2v) is 12.7. The summed E-state index contributed by atoms with van der Waals surface area (Å²) in [4.78, 5) is 37.7. The summed E-state index contributed by atoms with van der Waals surface area (Å²) in [6, 6.07) is 37.8. The van der Waals surface area contributed by atoms with Crippen molar-refractivity contribution in [2.24, 2.45) is 15.3 Å². The van der Waals surface area contributed by atoms with Gasteiger partial charge in [0.1, 0.15) is 5.75 Å². The summed E-state index contributed by atoms with van der Waals surface area (Å²) < 4.78 is 11.1. The zero-order valence-corrected chi connectivity index (χ0v) is 28.7. The highest BCUT2D eigenvalue weighted by molar-refractivity contribution is 6.28. The lowest BCUT2D eigenvalue weighted by Crippen LogP contribution is -2.20. The zero-order chi connectivity index (χ0) is 36.0. The molecule has 0 N–H and O–H groups in total. The van der Waals surface area contributed by atoms with Crippen molar-refractivity contribution in [1.82, 2.24) is 0 Å². The highest BCUT2D eigenvalue weighted by Gasteiger charge is 2.31. The third kappa shape index (κ3) is 7.34. The molecule has 1 unspecified atom stereocenters. The smallest absolute Gasteiger partial charge is 0.333 e. The number of azo groups is 1. The molecule has 5 aromatic rings. The molecule has 1 aliphatic carbocycles. The summed E-state index contributed by atoms with van der Waals surface area (Å²) in [5, 5.41) is 15.9. The van der Waals surface area contributed by atoms with E-state index in [9.17, 15) is 14.4 Å². The number of nitrogens with zero attached hydrogens (tertiary/aromatic N) is 4.